The van der Waals surface area contributed by atoms with E-state index in [0.29, 0.717) is 28.0 Å². The maximum atomic E-state index is 13.6. The Bertz CT molecular complexity index is 590. The van der Waals surface area contributed by atoms with Gasteiger partial charge in [-0.1, -0.05) is 23.2 Å². The Morgan fingerprint density at radius 3 is 2.53 bits per heavy atom. The van der Waals surface area contributed by atoms with E-state index in [1.54, 1.807) is 25.3 Å². The molecule has 2 aromatic carbocycles. The fourth-order valence-electron chi connectivity index (χ4n) is 1.71. The summed E-state index contributed by atoms with van der Waals surface area (Å²) in [6.07, 6.45) is 0. The van der Waals surface area contributed by atoms with E-state index in [0.717, 1.165) is 5.56 Å². The van der Waals surface area contributed by atoms with Crippen molar-refractivity contribution in [2.75, 3.05) is 12.4 Å². The van der Waals surface area contributed by atoms with Crippen LogP contribution in [0.5, 0.6) is 5.75 Å². The zero-order valence-corrected chi connectivity index (χ0v) is 11.7. The molecule has 0 amide bonds. The molecule has 0 aliphatic carbocycles. The van der Waals surface area contributed by atoms with Crippen LogP contribution in [-0.2, 0) is 6.54 Å². The van der Waals surface area contributed by atoms with Crippen LogP contribution >= 0.6 is 23.2 Å². The van der Waals surface area contributed by atoms with Crippen molar-refractivity contribution >= 4 is 28.9 Å². The van der Waals surface area contributed by atoms with E-state index in [-0.39, 0.29) is 5.82 Å². The standard InChI is InChI=1S/C14H12Cl2FNO/c1-19-14-5-3-10(15)6-9(14)8-18-13-7-11(16)2-4-12(13)17/h2-7,18H,8H2,1H3. The molecule has 0 bridgehead atoms. The minimum absolute atomic E-state index is 0.342. The van der Waals surface area contributed by atoms with Gasteiger partial charge in [0.15, 0.2) is 0 Å². The number of rotatable bonds is 4. The lowest BCUT2D eigenvalue weighted by Crippen LogP contribution is -2.03. The summed E-state index contributed by atoms with van der Waals surface area (Å²) in [6.45, 7) is 0.390. The molecule has 1 N–H and O–H groups in total. The highest BCUT2D eigenvalue weighted by molar-refractivity contribution is 6.31. The Labute approximate surface area is 121 Å². The minimum Gasteiger partial charge on any atom is -0.496 e. The molecule has 0 saturated carbocycles. The van der Waals surface area contributed by atoms with E-state index in [1.165, 1.54) is 18.2 Å². The number of anilines is 1. The van der Waals surface area contributed by atoms with Crippen LogP contribution in [0.1, 0.15) is 5.56 Å². The topological polar surface area (TPSA) is 21.3 Å². The molecule has 0 aromatic heterocycles. The molecular weight excluding hydrogens is 288 g/mol. The molecule has 5 heteroatoms. The van der Waals surface area contributed by atoms with Gasteiger partial charge < -0.3 is 10.1 Å². The van der Waals surface area contributed by atoms with Crippen LogP contribution in [0.4, 0.5) is 10.1 Å². The first-order valence-corrected chi connectivity index (χ1v) is 6.37. The third-order valence-electron chi connectivity index (χ3n) is 2.64. The number of methoxy groups -OCH3 is 1. The summed E-state index contributed by atoms with van der Waals surface area (Å²) in [5.41, 5.74) is 1.18. The molecule has 0 aliphatic rings. The highest BCUT2D eigenvalue weighted by atomic mass is 35.5. The van der Waals surface area contributed by atoms with Crippen molar-refractivity contribution in [2.24, 2.45) is 0 Å². The van der Waals surface area contributed by atoms with Crippen LogP contribution in [0.15, 0.2) is 36.4 Å². The highest BCUT2D eigenvalue weighted by Crippen LogP contribution is 2.25. The van der Waals surface area contributed by atoms with Crippen molar-refractivity contribution in [1.82, 2.24) is 0 Å². The van der Waals surface area contributed by atoms with Crippen LogP contribution in [0, 0.1) is 5.82 Å². The van der Waals surface area contributed by atoms with E-state index in [2.05, 4.69) is 5.32 Å². The summed E-state index contributed by atoms with van der Waals surface area (Å²) in [6, 6.07) is 9.64. The lowest BCUT2D eigenvalue weighted by Gasteiger charge is -2.11. The minimum atomic E-state index is -0.356. The lowest BCUT2D eigenvalue weighted by molar-refractivity contribution is 0.410. The first-order chi connectivity index (χ1) is 9.10. The zero-order chi connectivity index (χ0) is 13.8. The molecule has 2 nitrogen and oxygen atoms in total. The van der Waals surface area contributed by atoms with E-state index in [9.17, 15) is 4.39 Å². The number of nitrogens with one attached hydrogen (secondary N) is 1. The second-order valence-electron chi connectivity index (χ2n) is 3.93. The van der Waals surface area contributed by atoms with Crippen LogP contribution < -0.4 is 10.1 Å². The molecular formula is C14H12Cl2FNO. The van der Waals surface area contributed by atoms with E-state index >= 15 is 0 Å². The second kappa shape index (κ2) is 6.13. The third-order valence-corrected chi connectivity index (χ3v) is 3.11. The number of halogens is 3. The first-order valence-electron chi connectivity index (χ1n) is 5.61. The van der Waals surface area contributed by atoms with E-state index in [1.807, 2.05) is 0 Å². The van der Waals surface area contributed by atoms with Crippen LogP contribution in [-0.4, -0.2) is 7.11 Å². The number of benzene rings is 2. The molecule has 0 heterocycles. The Morgan fingerprint density at radius 2 is 1.79 bits per heavy atom. The highest BCUT2D eigenvalue weighted by Gasteiger charge is 2.06. The van der Waals surface area contributed by atoms with Crippen molar-refractivity contribution in [3.05, 3.63) is 57.8 Å². The van der Waals surface area contributed by atoms with E-state index in [4.69, 9.17) is 27.9 Å². The van der Waals surface area contributed by atoms with Gasteiger partial charge in [-0.25, -0.2) is 4.39 Å². The van der Waals surface area contributed by atoms with E-state index < -0.39 is 0 Å². The predicted octanol–water partition coefficient (Wildman–Crippen LogP) is 4.75. The second-order valence-corrected chi connectivity index (χ2v) is 4.81. The first kappa shape index (κ1) is 14.0. The van der Waals surface area contributed by atoms with Gasteiger partial charge in [-0.3, -0.25) is 0 Å². The molecule has 2 rings (SSSR count). The fourth-order valence-corrected chi connectivity index (χ4v) is 2.08. The fraction of sp³-hybridized carbons (Fsp3) is 0.143. The molecule has 0 radical (unpaired) electrons. The Morgan fingerprint density at radius 1 is 1.11 bits per heavy atom. The zero-order valence-electron chi connectivity index (χ0n) is 10.2. The van der Waals surface area contributed by atoms with Crippen LogP contribution in [0.3, 0.4) is 0 Å². The summed E-state index contributed by atoms with van der Waals surface area (Å²) < 4.78 is 18.8. The molecule has 2 aromatic rings. The molecule has 100 valence electrons. The molecule has 0 fully saturated rings. The van der Waals surface area contributed by atoms with Gasteiger partial charge in [-0.15, -0.1) is 0 Å². The van der Waals surface area contributed by atoms with Gasteiger partial charge in [-0.05, 0) is 36.4 Å². The maximum absolute atomic E-state index is 13.6. The Hall–Kier alpha value is -1.45. The third kappa shape index (κ3) is 3.52. The Balaban J connectivity index is 2.18. The van der Waals surface area contributed by atoms with Crippen molar-refractivity contribution in [3.8, 4) is 5.75 Å². The van der Waals surface area contributed by atoms with Gasteiger partial charge in [-0.2, -0.15) is 0 Å². The van der Waals surface area contributed by atoms with Gasteiger partial charge in [0.1, 0.15) is 11.6 Å². The molecule has 0 atom stereocenters. The summed E-state index contributed by atoms with van der Waals surface area (Å²) in [5.74, 6) is 0.338. The van der Waals surface area contributed by atoms with Crippen molar-refractivity contribution < 1.29 is 9.13 Å². The van der Waals surface area contributed by atoms with Gasteiger partial charge in [0.25, 0.3) is 0 Å². The average Bonchev–Trinajstić information content (AvgIpc) is 2.40. The number of hydrogen-bond acceptors (Lipinski definition) is 2. The van der Waals surface area contributed by atoms with Gasteiger partial charge >= 0.3 is 0 Å². The normalized spacial score (nSPS) is 10.3. The summed E-state index contributed by atoms with van der Waals surface area (Å²) in [7, 11) is 1.58. The molecule has 0 aliphatic heterocycles. The van der Waals surface area contributed by atoms with Gasteiger partial charge in [0.05, 0.1) is 12.8 Å². The smallest absolute Gasteiger partial charge is 0.146 e. The summed E-state index contributed by atoms with van der Waals surface area (Å²) in [5, 5.41) is 4.05. The number of hydrogen-bond donors (Lipinski definition) is 1. The maximum Gasteiger partial charge on any atom is 0.146 e. The largest absolute Gasteiger partial charge is 0.496 e. The summed E-state index contributed by atoms with van der Waals surface area (Å²) >= 11 is 11.8. The predicted molar refractivity (Wildman–Crippen MR) is 76.7 cm³/mol. The molecule has 0 saturated heterocycles. The van der Waals surface area contributed by atoms with Gasteiger partial charge in [0.2, 0.25) is 0 Å². The molecule has 0 unspecified atom stereocenters. The summed E-state index contributed by atoms with van der Waals surface area (Å²) in [4.78, 5) is 0. The molecule has 0 spiro atoms. The van der Waals surface area contributed by atoms with Crippen molar-refractivity contribution in [3.63, 3.8) is 0 Å². The quantitative estimate of drug-likeness (QED) is 0.879. The Kier molecular flexibility index (Phi) is 4.51. The monoisotopic (exact) mass is 299 g/mol. The van der Waals surface area contributed by atoms with Crippen LogP contribution in [0.2, 0.25) is 10.0 Å². The van der Waals surface area contributed by atoms with Crippen LogP contribution in [0.25, 0.3) is 0 Å². The lowest BCUT2D eigenvalue weighted by atomic mass is 10.2. The number of ether oxygens (including phenoxy) is 1. The molecule has 19 heavy (non-hydrogen) atoms. The van der Waals surface area contributed by atoms with Gasteiger partial charge in [0, 0.05) is 22.2 Å². The van der Waals surface area contributed by atoms with Crippen molar-refractivity contribution in [1.29, 1.82) is 0 Å². The average molecular weight is 300 g/mol. The SMILES string of the molecule is COc1ccc(Cl)cc1CNc1cc(Cl)ccc1F. The van der Waals surface area contributed by atoms with Crippen molar-refractivity contribution in [2.45, 2.75) is 6.54 Å².